The van der Waals surface area contributed by atoms with Gasteiger partial charge in [0.25, 0.3) is 0 Å². The zero-order chi connectivity index (χ0) is 14.6. The number of fused-ring (bicyclic) bond motifs is 3. The Balaban J connectivity index is 2.08. The van der Waals surface area contributed by atoms with E-state index in [1.165, 1.54) is 23.1 Å². The zero-order valence-corrected chi connectivity index (χ0v) is 12.2. The first-order chi connectivity index (χ1) is 10.2. The van der Waals surface area contributed by atoms with Gasteiger partial charge in [-0.15, -0.1) is 11.3 Å². The molecule has 3 aromatic rings. The van der Waals surface area contributed by atoms with Crippen LogP contribution >= 0.6 is 11.3 Å². The van der Waals surface area contributed by atoms with Gasteiger partial charge in [-0.3, -0.25) is 0 Å². The number of nitrogens with two attached hydrogens (primary N) is 1. The second kappa shape index (κ2) is 4.27. The molecule has 0 aromatic carbocycles. The molecule has 0 radical (unpaired) electrons. The van der Waals surface area contributed by atoms with Crippen molar-refractivity contribution in [3.63, 3.8) is 0 Å². The lowest BCUT2D eigenvalue weighted by atomic mass is 10.2. The average molecular weight is 296 g/mol. The Morgan fingerprint density at radius 1 is 1.38 bits per heavy atom. The standard InChI is InChI=1S/C14H12N6S/c1-7-18-13(20-12(16)8(5-15)6-17-20)11-9-3-2-4-10(9)21-14(11)19-7/h6H,2-4,16H2,1H3. The molecule has 0 fully saturated rings. The monoisotopic (exact) mass is 296 g/mol. The molecule has 1 aliphatic rings. The van der Waals surface area contributed by atoms with Crippen LogP contribution < -0.4 is 5.73 Å². The quantitative estimate of drug-likeness (QED) is 0.742. The van der Waals surface area contributed by atoms with Gasteiger partial charge >= 0.3 is 0 Å². The van der Waals surface area contributed by atoms with Crippen LogP contribution in [0.15, 0.2) is 6.20 Å². The van der Waals surface area contributed by atoms with Crippen LogP contribution in [0, 0.1) is 18.3 Å². The van der Waals surface area contributed by atoms with Gasteiger partial charge in [0.15, 0.2) is 5.82 Å². The summed E-state index contributed by atoms with van der Waals surface area (Å²) in [4.78, 5) is 11.4. The summed E-state index contributed by atoms with van der Waals surface area (Å²) >= 11 is 1.73. The molecule has 6 nitrogen and oxygen atoms in total. The largest absolute Gasteiger partial charge is 0.382 e. The Hall–Kier alpha value is -2.46. The van der Waals surface area contributed by atoms with Gasteiger partial charge in [-0.05, 0) is 31.7 Å². The van der Waals surface area contributed by atoms with Crippen LogP contribution in [-0.4, -0.2) is 19.7 Å². The van der Waals surface area contributed by atoms with Gasteiger partial charge in [-0.1, -0.05) is 0 Å². The Morgan fingerprint density at radius 2 is 2.24 bits per heavy atom. The van der Waals surface area contributed by atoms with E-state index in [0.717, 1.165) is 23.1 Å². The van der Waals surface area contributed by atoms with Gasteiger partial charge in [-0.2, -0.15) is 15.0 Å². The SMILES string of the molecule is Cc1nc(-n2ncc(C#N)c2N)c2c3c(sc2n1)CCC3. The Morgan fingerprint density at radius 3 is 3.00 bits per heavy atom. The normalized spacial score (nSPS) is 13.5. The Kier molecular flexibility index (Phi) is 2.50. The maximum absolute atomic E-state index is 9.05. The second-order valence-electron chi connectivity index (χ2n) is 5.10. The van der Waals surface area contributed by atoms with E-state index in [1.807, 2.05) is 13.0 Å². The van der Waals surface area contributed by atoms with E-state index >= 15 is 0 Å². The fourth-order valence-corrected chi connectivity index (χ4v) is 4.15. The number of nitriles is 1. The Bertz CT molecular complexity index is 914. The highest BCUT2D eigenvalue weighted by Gasteiger charge is 2.24. The molecule has 21 heavy (non-hydrogen) atoms. The lowest BCUT2D eigenvalue weighted by molar-refractivity contribution is 0.849. The number of nitrogen functional groups attached to an aromatic ring is 1. The molecule has 4 rings (SSSR count). The topological polar surface area (TPSA) is 93.4 Å². The molecule has 0 bridgehead atoms. The summed E-state index contributed by atoms with van der Waals surface area (Å²) in [5.74, 6) is 1.71. The molecule has 7 heteroatoms. The average Bonchev–Trinajstić information content (AvgIpc) is 3.11. The van der Waals surface area contributed by atoms with Crippen LogP contribution in [-0.2, 0) is 12.8 Å². The predicted molar refractivity (Wildman–Crippen MR) is 80.4 cm³/mol. The molecule has 0 saturated carbocycles. The third kappa shape index (κ3) is 1.66. The lowest BCUT2D eigenvalue weighted by Gasteiger charge is -2.07. The molecule has 3 heterocycles. The first kappa shape index (κ1) is 12.3. The molecule has 0 spiro atoms. The van der Waals surface area contributed by atoms with Crippen LogP contribution in [0.25, 0.3) is 16.0 Å². The molecule has 0 amide bonds. The van der Waals surface area contributed by atoms with Crippen molar-refractivity contribution >= 4 is 27.4 Å². The fourth-order valence-electron chi connectivity index (χ4n) is 2.85. The van der Waals surface area contributed by atoms with Crippen LogP contribution in [0.3, 0.4) is 0 Å². The molecule has 0 atom stereocenters. The van der Waals surface area contributed by atoms with Gasteiger partial charge in [0, 0.05) is 4.88 Å². The van der Waals surface area contributed by atoms with Crippen molar-refractivity contribution < 1.29 is 0 Å². The predicted octanol–water partition coefficient (Wildman–Crippen LogP) is 2.13. The zero-order valence-electron chi connectivity index (χ0n) is 11.4. The highest BCUT2D eigenvalue weighted by Crippen LogP contribution is 2.39. The van der Waals surface area contributed by atoms with Crippen molar-refractivity contribution in [3.8, 4) is 11.9 Å². The van der Waals surface area contributed by atoms with Crippen LogP contribution in [0.5, 0.6) is 0 Å². The smallest absolute Gasteiger partial charge is 0.168 e. The van der Waals surface area contributed by atoms with E-state index in [2.05, 4.69) is 15.1 Å². The summed E-state index contributed by atoms with van der Waals surface area (Å²) in [7, 11) is 0. The van der Waals surface area contributed by atoms with Crippen molar-refractivity contribution in [2.24, 2.45) is 0 Å². The number of aromatic nitrogens is 4. The van der Waals surface area contributed by atoms with Crippen molar-refractivity contribution in [3.05, 3.63) is 28.0 Å². The van der Waals surface area contributed by atoms with Crippen LogP contribution in [0.4, 0.5) is 5.82 Å². The van der Waals surface area contributed by atoms with Gasteiger partial charge < -0.3 is 5.73 Å². The van der Waals surface area contributed by atoms with Gasteiger partial charge in [0.05, 0.1) is 11.6 Å². The summed E-state index contributed by atoms with van der Waals surface area (Å²) in [6.07, 6.45) is 4.79. The summed E-state index contributed by atoms with van der Waals surface area (Å²) in [5.41, 5.74) is 7.71. The lowest BCUT2D eigenvalue weighted by Crippen LogP contribution is -2.07. The van der Waals surface area contributed by atoms with Crippen LogP contribution in [0.1, 0.15) is 28.2 Å². The van der Waals surface area contributed by atoms with Crippen molar-refractivity contribution in [1.82, 2.24) is 19.7 Å². The van der Waals surface area contributed by atoms with Crippen molar-refractivity contribution in [2.75, 3.05) is 5.73 Å². The molecule has 0 saturated heterocycles. The summed E-state index contributed by atoms with van der Waals surface area (Å²) in [5, 5.41) is 14.3. The number of rotatable bonds is 1. The third-order valence-corrected chi connectivity index (χ3v) is 4.97. The van der Waals surface area contributed by atoms with E-state index in [-0.39, 0.29) is 0 Å². The van der Waals surface area contributed by atoms with Gasteiger partial charge in [0.1, 0.15) is 28.1 Å². The van der Waals surface area contributed by atoms with E-state index in [9.17, 15) is 0 Å². The van der Waals surface area contributed by atoms with Gasteiger partial charge in [-0.25, -0.2) is 9.97 Å². The number of hydrogen-bond donors (Lipinski definition) is 1. The summed E-state index contributed by atoms with van der Waals surface area (Å²) in [6.45, 7) is 1.86. The van der Waals surface area contributed by atoms with E-state index < -0.39 is 0 Å². The van der Waals surface area contributed by atoms with E-state index in [4.69, 9.17) is 11.0 Å². The highest BCUT2D eigenvalue weighted by molar-refractivity contribution is 7.19. The minimum Gasteiger partial charge on any atom is -0.382 e. The number of aryl methyl sites for hydroxylation is 3. The number of hydrogen-bond acceptors (Lipinski definition) is 6. The van der Waals surface area contributed by atoms with Crippen molar-refractivity contribution in [2.45, 2.75) is 26.2 Å². The van der Waals surface area contributed by atoms with E-state index in [0.29, 0.717) is 23.0 Å². The first-order valence-corrected chi connectivity index (χ1v) is 7.53. The number of nitrogens with zero attached hydrogens (tertiary/aromatic N) is 5. The fraction of sp³-hybridized carbons (Fsp3) is 0.286. The molecular formula is C14H12N6S. The Labute approximate surface area is 124 Å². The maximum atomic E-state index is 9.05. The highest BCUT2D eigenvalue weighted by atomic mass is 32.1. The number of anilines is 1. The maximum Gasteiger partial charge on any atom is 0.168 e. The molecule has 2 N–H and O–H groups in total. The molecular weight excluding hydrogens is 284 g/mol. The molecule has 0 aliphatic heterocycles. The molecule has 3 aromatic heterocycles. The summed E-state index contributed by atoms with van der Waals surface area (Å²) in [6, 6.07) is 2.05. The van der Waals surface area contributed by atoms with Crippen molar-refractivity contribution in [1.29, 1.82) is 5.26 Å². The molecule has 0 unspecified atom stereocenters. The minimum absolute atomic E-state index is 0.329. The first-order valence-electron chi connectivity index (χ1n) is 6.72. The van der Waals surface area contributed by atoms with E-state index in [1.54, 1.807) is 16.0 Å². The second-order valence-corrected chi connectivity index (χ2v) is 6.18. The summed E-state index contributed by atoms with van der Waals surface area (Å²) < 4.78 is 1.56. The minimum atomic E-state index is 0.329. The number of thiophene rings is 1. The van der Waals surface area contributed by atoms with Gasteiger partial charge in [0.2, 0.25) is 0 Å². The molecule has 104 valence electrons. The third-order valence-electron chi connectivity index (χ3n) is 3.78. The van der Waals surface area contributed by atoms with Crippen LogP contribution in [0.2, 0.25) is 0 Å². The molecule has 1 aliphatic carbocycles.